The first-order valence-electron chi connectivity index (χ1n) is 4.42. The minimum Gasteiger partial charge on any atom is -0.468 e. The van der Waals surface area contributed by atoms with Crippen LogP contribution in [-0.4, -0.2) is 18.0 Å². The number of esters is 1. The van der Waals surface area contributed by atoms with Gasteiger partial charge in [-0.05, 0) is 12.1 Å². The second-order valence-electron chi connectivity index (χ2n) is 3.05. The first kappa shape index (κ1) is 12.6. The zero-order valence-corrected chi connectivity index (χ0v) is 8.71. The van der Waals surface area contributed by atoms with Gasteiger partial charge >= 0.3 is 5.97 Å². The van der Waals surface area contributed by atoms with Crippen LogP contribution < -0.4 is 0 Å². The molecule has 0 bridgehead atoms. The predicted octanol–water partition coefficient (Wildman–Crippen LogP) is 1.51. The molecule has 0 aliphatic heterocycles. The van der Waals surface area contributed by atoms with Crippen LogP contribution in [0.2, 0.25) is 0 Å². The Kier molecular flexibility index (Phi) is 3.72. The lowest BCUT2D eigenvalue weighted by Gasteiger charge is -2.07. The molecule has 0 aliphatic carbocycles. The summed E-state index contributed by atoms with van der Waals surface area (Å²) in [6.45, 7) is 0. The number of nitro benzene ring substituents is 1. The van der Waals surface area contributed by atoms with Gasteiger partial charge in [0.25, 0.3) is 5.69 Å². The van der Waals surface area contributed by atoms with E-state index in [-0.39, 0.29) is 5.56 Å². The quantitative estimate of drug-likeness (QED) is 0.452. The van der Waals surface area contributed by atoms with Crippen molar-refractivity contribution in [1.29, 1.82) is 5.26 Å². The minimum absolute atomic E-state index is 0.189. The molecule has 0 aliphatic rings. The number of nitro groups is 1. The van der Waals surface area contributed by atoms with E-state index in [1.807, 2.05) is 0 Å². The van der Waals surface area contributed by atoms with Gasteiger partial charge in [0.15, 0.2) is 5.92 Å². The Hall–Kier alpha value is -2.49. The average molecular weight is 238 g/mol. The van der Waals surface area contributed by atoms with Gasteiger partial charge in [-0.3, -0.25) is 14.9 Å². The molecule has 0 heterocycles. The molecule has 1 unspecified atom stereocenters. The molecule has 7 heteroatoms. The summed E-state index contributed by atoms with van der Waals surface area (Å²) in [5, 5.41) is 19.5. The number of ether oxygens (including phenoxy) is 1. The van der Waals surface area contributed by atoms with Crippen molar-refractivity contribution < 1.29 is 18.8 Å². The highest BCUT2D eigenvalue weighted by Crippen LogP contribution is 2.27. The number of nitriles is 1. The van der Waals surface area contributed by atoms with Crippen LogP contribution in [0.25, 0.3) is 0 Å². The molecule has 1 atom stereocenters. The van der Waals surface area contributed by atoms with Gasteiger partial charge in [0.2, 0.25) is 0 Å². The number of hydrogen-bond acceptors (Lipinski definition) is 5. The Morgan fingerprint density at radius 3 is 2.76 bits per heavy atom. The molecule has 0 fully saturated rings. The van der Waals surface area contributed by atoms with E-state index in [2.05, 4.69) is 4.74 Å². The van der Waals surface area contributed by atoms with Crippen LogP contribution in [-0.2, 0) is 9.53 Å². The van der Waals surface area contributed by atoms with E-state index >= 15 is 0 Å². The van der Waals surface area contributed by atoms with E-state index in [4.69, 9.17) is 5.26 Å². The van der Waals surface area contributed by atoms with Crippen molar-refractivity contribution in [2.24, 2.45) is 0 Å². The highest BCUT2D eigenvalue weighted by Gasteiger charge is 2.29. The van der Waals surface area contributed by atoms with Gasteiger partial charge in [0.1, 0.15) is 5.82 Å². The molecule has 0 saturated heterocycles. The summed E-state index contributed by atoms with van der Waals surface area (Å²) >= 11 is 0. The van der Waals surface area contributed by atoms with Crippen molar-refractivity contribution in [3.63, 3.8) is 0 Å². The molecule has 0 radical (unpaired) electrons. The lowest BCUT2D eigenvalue weighted by atomic mass is 9.99. The fraction of sp³-hybridized carbons (Fsp3) is 0.200. The number of carbonyl (C=O) groups is 1. The summed E-state index contributed by atoms with van der Waals surface area (Å²) in [5.74, 6) is -3.19. The Bertz CT molecular complexity index is 510. The number of methoxy groups -OCH3 is 1. The third kappa shape index (κ3) is 2.55. The van der Waals surface area contributed by atoms with Gasteiger partial charge in [-0.2, -0.15) is 5.26 Å². The van der Waals surface area contributed by atoms with Crippen LogP contribution in [0.4, 0.5) is 10.1 Å². The molecule has 0 saturated carbocycles. The second kappa shape index (κ2) is 5.03. The summed E-state index contributed by atoms with van der Waals surface area (Å²) in [6.07, 6.45) is 0. The Morgan fingerprint density at radius 1 is 1.65 bits per heavy atom. The second-order valence-corrected chi connectivity index (χ2v) is 3.05. The SMILES string of the molecule is COC(=O)C(C#N)c1ccc(F)cc1[N+](=O)[O-]. The van der Waals surface area contributed by atoms with Crippen molar-refractivity contribution in [2.75, 3.05) is 7.11 Å². The summed E-state index contributed by atoms with van der Waals surface area (Å²) in [5.41, 5.74) is -0.812. The van der Waals surface area contributed by atoms with Crippen molar-refractivity contribution in [2.45, 2.75) is 5.92 Å². The van der Waals surface area contributed by atoms with Crippen molar-refractivity contribution >= 4 is 11.7 Å². The molecule has 17 heavy (non-hydrogen) atoms. The number of carbonyl (C=O) groups excluding carboxylic acids is 1. The highest BCUT2D eigenvalue weighted by molar-refractivity contribution is 5.82. The maximum Gasteiger partial charge on any atom is 0.327 e. The maximum atomic E-state index is 12.9. The van der Waals surface area contributed by atoms with Crippen LogP contribution in [0.1, 0.15) is 11.5 Å². The van der Waals surface area contributed by atoms with E-state index in [9.17, 15) is 19.3 Å². The number of benzene rings is 1. The van der Waals surface area contributed by atoms with E-state index < -0.39 is 28.3 Å². The van der Waals surface area contributed by atoms with E-state index in [1.165, 1.54) is 0 Å². The Labute approximate surface area is 95.4 Å². The summed E-state index contributed by atoms with van der Waals surface area (Å²) in [7, 11) is 1.06. The van der Waals surface area contributed by atoms with Crippen molar-refractivity contribution in [3.05, 3.63) is 39.7 Å². The number of hydrogen-bond donors (Lipinski definition) is 0. The first-order chi connectivity index (χ1) is 8.01. The van der Waals surface area contributed by atoms with Gasteiger partial charge in [0.05, 0.1) is 29.7 Å². The third-order valence-corrected chi connectivity index (χ3v) is 2.07. The molecule has 88 valence electrons. The highest BCUT2D eigenvalue weighted by atomic mass is 19.1. The lowest BCUT2D eigenvalue weighted by Crippen LogP contribution is -2.14. The molecule has 1 aromatic carbocycles. The Morgan fingerprint density at radius 2 is 2.29 bits per heavy atom. The standard InChI is InChI=1S/C10H7FN2O4/c1-17-10(14)8(5-12)7-3-2-6(11)4-9(7)13(15)16/h2-4,8H,1H3. The Balaban J connectivity index is 3.34. The molecule has 0 spiro atoms. The predicted molar refractivity (Wildman–Crippen MR) is 53.4 cm³/mol. The number of nitrogens with zero attached hydrogens (tertiary/aromatic N) is 2. The van der Waals surface area contributed by atoms with Crippen LogP contribution >= 0.6 is 0 Å². The van der Waals surface area contributed by atoms with Gasteiger partial charge in [-0.15, -0.1) is 0 Å². The van der Waals surface area contributed by atoms with Gasteiger partial charge in [-0.1, -0.05) is 0 Å². The monoisotopic (exact) mass is 238 g/mol. The normalized spacial score (nSPS) is 11.4. The topological polar surface area (TPSA) is 93.2 Å². The average Bonchev–Trinajstić information content (AvgIpc) is 2.31. The van der Waals surface area contributed by atoms with Crippen LogP contribution in [0.15, 0.2) is 18.2 Å². The van der Waals surface area contributed by atoms with E-state index in [1.54, 1.807) is 6.07 Å². The van der Waals surface area contributed by atoms with E-state index in [0.717, 1.165) is 19.2 Å². The molecular weight excluding hydrogens is 231 g/mol. The fourth-order valence-corrected chi connectivity index (χ4v) is 1.29. The van der Waals surface area contributed by atoms with Crippen molar-refractivity contribution in [1.82, 2.24) is 0 Å². The summed E-state index contributed by atoms with van der Waals surface area (Å²) < 4.78 is 17.2. The molecule has 0 aromatic heterocycles. The van der Waals surface area contributed by atoms with Crippen LogP contribution in [0.5, 0.6) is 0 Å². The minimum atomic E-state index is -1.44. The molecule has 0 amide bonds. The first-order valence-corrected chi connectivity index (χ1v) is 4.42. The summed E-state index contributed by atoms with van der Waals surface area (Å²) in [4.78, 5) is 21.1. The fourth-order valence-electron chi connectivity index (χ4n) is 1.29. The third-order valence-electron chi connectivity index (χ3n) is 2.07. The molecule has 6 nitrogen and oxygen atoms in total. The smallest absolute Gasteiger partial charge is 0.327 e. The zero-order valence-electron chi connectivity index (χ0n) is 8.71. The molecule has 0 N–H and O–H groups in total. The number of halogens is 1. The number of rotatable bonds is 3. The van der Waals surface area contributed by atoms with Gasteiger partial charge in [0, 0.05) is 0 Å². The van der Waals surface area contributed by atoms with Crippen LogP contribution in [0, 0.1) is 27.3 Å². The zero-order chi connectivity index (χ0) is 13.0. The van der Waals surface area contributed by atoms with Gasteiger partial charge < -0.3 is 4.74 Å². The largest absolute Gasteiger partial charge is 0.468 e. The maximum absolute atomic E-state index is 12.9. The molecule has 1 aromatic rings. The molecular formula is C10H7FN2O4. The van der Waals surface area contributed by atoms with Gasteiger partial charge in [-0.25, -0.2) is 4.39 Å². The lowest BCUT2D eigenvalue weighted by molar-refractivity contribution is -0.385. The van der Waals surface area contributed by atoms with Crippen molar-refractivity contribution in [3.8, 4) is 6.07 Å². The molecule has 1 rings (SSSR count). The summed E-state index contributed by atoms with van der Waals surface area (Å²) in [6, 6.07) is 4.20. The van der Waals surface area contributed by atoms with E-state index in [0.29, 0.717) is 6.07 Å². The van der Waals surface area contributed by atoms with Crippen LogP contribution in [0.3, 0.4) is 0 Å².